The third-order valence-corrected chi connectivity index (χ3v) is 5.25. The lowest BCUT2D eigenvalue weighted by atomic mass is 9.99. The van der Waals surface area contributed by atoms with Gasteiger partial charge < -0.3 is 4.90 Å². The first-order chi connectivity index (χ1) is 11.3. The second kappa shape index (κ2) is 6.35. The maximum atomic E-state index is 11.7. The maximum Gasteiger partial charge on any atom is 0.248 e. The number of halogens is 2. The zero-order valence-corrected chi connectivity index (χ0v) is 15.5. The molecule has 0 radical (unpaired) electrons. The molecule has 1 aromatic carbocycles. The van der Waals surface area contributed by atoms with Crippen molar-refractivity contribution >= 4 is 50.5 Å². The molecule has 0 aliphatic carbocycles. The predicted molar refractivity (Wildman–Crippen MR) is 97.4 cm³/mol. The van der Waals surface area contributed by atoms with Crippen LogP contribution in [0.15, 0.2) is 29.6 Å². The van der Waals surface area contributed by atoms with Gasteiger partial charge in [0.1, 0.15) is 5.82 Å². The van der Waals surface area contributed by atoms with E-state index in [1.54, 1.807) is 18.2 Å². The Balaban J connectivity index is 2.17. The van der Waals surface area contributed by atoms with E-state index in [2.05, 4.69) is 9.97 Å². The normalized spacial score (nSPS) is 14.3. The van der Waals surface area contributed by atoms with Crippen molar-refractivity contribution in [3.63, 3.8) is 0 Å². The van der Waals surface area contributed by atoms with E-state index < -0.39 is 9.84 Å². The van der Waals surface area contributed by atoms with Crippen molar-refractivity contribution in [3.05, 3.63) is 45.6 Å². The zero-order chi connectivity index (χ0) is 17.5. The van der Waals surface area contributed by atoms with Crippen molar-refractivity contribution in [1.29, 1.82) is 0 Å². The molecule has 0 fully saturated rings. The molecule has 0 atom stereocenters. The highest BCUT2D eigenvalue weighted by atomic mass is 35.5. The van der Waals surface area contributed by atoms with Gasteiger partial charge in [-0.15, -0.1) is 0 Å². The van der Waals surface area contributed by atoms with E-state index in [1.165, 1.54) is 6.20 Å². The molecule has 0 unspecified atom stereocenters. The minimum absolute atomic E-state index is 0.174. The summed E-state index contributed by atoms with van der Waals surface area (Å²) in [6.07, 6.45) is 4.52. The van der Waals surface area contributed by atoms with Crippen LogP contribution in [0, 0.1) is 0 Å². The van der Waals surface area contributed by atoms with Gasteiger partial charge in [-0.05, 0) is 30.7 Å². The lowest BCUT2D eigenvalue weighted by molar-refractivity contribution is 0.592. The monoisotopic (exact) mass is 383 g/mol. The molecular formula is C16H15Cl2N3O2S. The minimum Gasteiger partial charge on any atom is -0.352 e. The largest absolute Gasteiger partial charge is 0.352 e. The molecule has 0 saturated carbocycles. The van der Waals surface area contributed by atoms with Crippen LogP contribution in [0.5, 0.6) is 0 Å². The highest BCUT2D eigenvalue weighted by Crippen LogP contribution is 2.37. The molecule has 0 saturated heterocycles. The molecule has 1 aliphatic heterocycles. The summed E-state index contributed by atoms with van der Waals surface area (Å²) in [5.74, 6) is 0.597. The van der Waals surface area contributed by atoms with Crippen LogP contribution in [0.25, 0.3) is 11.6 Å². The number of rotatable bonds is 3. The first-order valence-electron chi connectivity index (χ1n) is 7.28. The van der Waals surface area contributed by atoms with Crippen LogP contribution in [-0.4, -0.2) is 37.7 Å². The van der Waals surface area contributed by atoms with E-state index >= 15 is 0 Å². The standard InChI is InChI=1S/C16H15Cl2N3O2S/c1-3-21-9-11(14-12(17)5-4-6-13(14)18)7-10-8-19-16(20-15(10)21)24(2,22)23/h4-8H,3,9H2,1-2H3. The molecular weight excluding hydrogens is 369 g/mol. The third kappa shape index (κ3) is 3.14. The topological polar surface area (TPSA) is 63.2 Å². The number of aromatic nitrogens is 2. The zero-order valence-electron chi connectivity index (χ0n) is 13.1. The molecule has 24 heavy (non-hydrogen) atoms. The van der Waals surface area contributed by atoms with Gasteiger partial charge in [0, 0.05) is 46.7 Å². The molecule has 5 nitrogen and oxygen atoms in total. The summed E-state index contributed by atoms with van der Waals surface area (Å²) in [5, 5.41) is 0.969. The second-order valence-electron chi connectivity index (χ2n) is 5.48. The van der Waals surface area contributed by atoms with Gasteiger partial charge in [0.05, 0.1) is 0 Å². The van der Waals surface area contributed by atoms with Gasteiger partial charge in [-0.3, -0.25) is 0 Å². The van der Waals surface area contributed by atoms with E-state index in [1.807, 2.05) is 17.9 Å². The fourth-order valence-electron chi connectivity index (χ4n) is 2.63. The number of anilines is 1. The summed E-state index contributed by atoms with van der Waals surface area (Å²) in [6, 6.07) is 5.38. The highest BCUT2D eigenvalue weighted by Gasteiger charge is 2.24. The Morgan fingerprint density at radius 2 is 1.92 bits per heavy atom. The van der Waals surface area contributed by atoms with Gasteiger partial charge in [0.15, 0.2) is 0 Å². The van der Waals surface area contributed by atoms with E-state index in [0.29, 0.717) is 29.0 Å². The molecule has 2 heterocycles. The molecule has 0 amide bonds. The molecule has 3 rings (SSSR count). The van der Waals surface area contributed by atoms with Crippen molar-refractivity contribution in [2.24, 2.45) is 0 Å². The van der Waals surface area contributed by atoms with Crippen LogP contribution in [0.1, 0.15) is 18.1 Å². The Bertz CT molecular complexity index is 922. The van der Waals surface area contributed by atoms with Gasteiger partial charge >= 0.3 is 0 Å². The number of sulfone groups is 1. The number of fused-ring (bicyclic) bond motifs is 1. The summed E-state index contributed by atoms with van der Waals surface area (Å²) in [5.41, 5.74) is 2.45. The third-order valence-electron chi connectivity index (χ3n) is 3.76. The molecule has 8 heteroatoms. The van der Waals surface area contributed by atoms with Crippen molar-refractivity contribution < 1.29 is 8.42 Å². The molecule has 1 aromatic heterocycles. The van der Waals surface area contributed by atoms with Crippen LogP contribution >= 0.6 is 23.2 Å². The average molecular weight is 384 g/mol. The van der Waals surface area contributed by atoms with Gasteiger partial charge in [-0.1, -0.05) is 29.3 Å². The fraction of sp³-hybridized carbons (Fsp3) is 0.250. The minimum atomic E-state index is -3.46. The van der Waals surface area contributed by atoms with Crippen LogP contribution < -0.4 is 4.90 Å². The highest BCUT2D eigenvalue weighted by molar-refractivity contribution is 7.90. The van der Waals surface area contributed by atoms with Gasteiger partial charge in [-0.25, -0.2) is 18.4 Å². The summed E-state index contributed by atoms with van der Waals surface area (Å²) in [6.45, 7) is 3.17. The Labute approximate surface area is 150 Å². The summed E-state index contributed by atoms with van der Waals surface area (Å²) < 4.78 is 23.4. The van der Waals surface area contributed by atoms with E-state index in [0.717, 1.165) is 23.0 Å². The number of hydrogen-bond acceptors (Lipinski definition) is 5. The number of nitrogens with zero attached hydrogens (tertiary/aromatic N) is 3. The van der Waals surface area contributed by atoms with Crippen LogP contribution in [0.4, 0.5) is 5.82 Å². The predicted octanol–water partition coefficient (Wildman–Crippen LogP) is 3.57. The van der Waals surface area contributed by atoms with Crippen molar-refractivity contribution in [3.8, 4) is 0 Å². The van der Waals surface area contributed by atoms with E-state index in [-0.39, 0.29) is 5.16 Å². The Hall–Kier alpha value is -1.63. The number of benzene rings is 1. The number of likely N-dealkylation sites (N-methyl/N-ethyl adjacent to an activating group) is 1. The molecule has 0 N–H and O–H groups in total. The van der Waals surface area contributed by atoms with E-state index in [9.17, 15) is 8.42 Å². The number of hydrogen-bond donors (Lipinski definition) is 0. The Kier molecular flexibility index (Phi) is 4.55. The molecule has 1 aliphatic rings. The molecule has 2 aromatic rings. The summed E-state index contributed by atoms with van der Waals surface area (Å²) in [7, 11) is -3.46. The van der Waals surface area contributed by atoms with Crippen molar-refractivity contribution in [1.82, 2.24) is 9.97 Å². The summed E-state index contributed by atoms with van der Waals surface area (Å²) in [4.78, 5) is 10.2. The van der Waals surface area contributed by atoms with Gasteiger partial charge in [0.25, 0.3) is 0 Å². The Morgan fingerprint density at radius 1 is 1.25 bits per heavy atom. The molecule has 0 bridgehead atoms. The quantitative estimate of drug-likeness (QED) is 0.758. The lowest BCUT2D eigenvalue weighted by Gasteiger charge is -2.29. The first kappa shape index (κ1) is 17.2. The average Bonchev–Trinajstić information content (AvgIpc) is 2.52. The van der Waals surface area contributed by atoms with Crippen LogP contribution in [0.2, 0.25) is 10.0 Å². The van der Waals surface area contributed by atoms with Crippen LogP contribution in [-0.2, 0) is 9.84 Å². The van der Waals surface area contributed by atoms with E-state index in [4.69, 9.17) is 23.2 Å². The SMILES string of the molecule is CCN1CC(c2c(Cl)cccc2Cl)=Cc2cnc(S(C)(=O)=O)nc21. The maximum absolute atomic E-state index is 11.7. The van der Waals surface area contributed by atoms with Crippen LogP contribution in [0.3, 0.4) is 0 Å². The second-order valence-corrected chi connectivity index (χ2v) is 8.21. The Morgan fingerprint density at radius 3 is 2.50 bits per heavy atom. The van der Waals surface area contributed by atoms with Gasteiger partial charge in [-0.2, -0.15) is 0 Å². The fourth-order valence-corrected chi connectivity index (χ4v) is 3.77. The van der Waals surface area contributed by atoms with Gasteiger partial charge in [0.2, 0.25) is 15.0 Å². The van der Waals surface area contributed by atoms with Crippen molar-refractivity contribution in [2.45, 2.75) is 12.1 Å². The first-order valence-corrected chi connectivity index (χ1v) is 9.93. The molecule has 126 valence electrons. The summed E-state index contributed by atoms with van der Waals surface area (Å²) >= 11 is 12.6. The van der Waals surface area contributed by atoms with Crippen molar-refractivity contribution in [2.75, 3.05) is 24.2 Å². The lowest BCUT2D eigenvalue weighted by Crippen LogP contribution is -2.30. The smallest absolute Gasteiger partial charge is 0.248 e. The molecule has 0 spiro atoms.